The highest BCUT2D eigenvalue weighted by Gasteiger charge is 2.37. The number of carbonyl (C=O) groups is 1. The molecule has 0 saturated heterocycles. The fourth-order valence-electron chi connectivity index (χ4n) is 3.82. The van der Waals surface area contributed by atoms with Crippen LogP contribution in [-0.4, -0.2) is 38.7 Å². The number of amides is 2. The van der Waals surface area contributed by atoms with Gasteiger partial charge in [0.2, 0.25) is 0 Å². The molecule has 29 heavy (non-hydrogen) atoms. The molecule has 2 N–H and O–H groups in total. The van der Waals surface area contributed by atoms with Crippen molar-refractivity contribution in [2.45, 2.75) is 18.6 Å². The molecule has 1 aromatic heterocycles. The lowest BCUT2D eigenvalue weighted by atomic mass is 10.1. The molecule has 2 amide bonds. The molecule has 6 nitrogen and oxygen atoms in total. The Labute approximate surface area is 178 Å². The molecular weight excluding hydrogens is 411 g/mol. The van der Waals surface area contributed by atoms with Gasteiger partial charge in [-0.05, 0) is 35.4 Å². The number of imidazole rings is 1. The SMILES string of the molecule is CN(C(=O)Nc1cccc(-c2nccn2C)c1)[C@H]1c2cc(Cl)cc(Cl)c2C[C@@H]1O. The molecule has 0 saturated carbocycles. The van der Waals surface area contributed by atoms with Crippen LogP contribution >= 0.6 is 23.2 Å². The molecule has 0 bridgehead atoms. The molecule has 150 valence electrons. The molecule has 1 aliphatic rings. The molecular formula is C21H20Cl2N4O2. The van der Waals surface area contributed by atoms with Crippen LogP contribution in [-0.2, 0) is 13.5 Å². The Morgan fingerprint density at radius 2 is 2.10 bits per heavy atom. The summed E-state index contributed by atoms with van der Waals surface area (Å²) < 4.78 is 1.91. The van der Waals surface area contributed by atoms with Crippen molar-refractivity contribution in [2.24, 2.45) is 7.05 Å². The maximum Gasteiger partial charge on any atom is 0.322 e. The molecule has 0 fully saturated rings. The summed E-state index contributed by atoms with van der Waals surface area (Å²) in [6, 6.07) is 10.0. The lowest BCUT2D eigenvalue weighted by Gasteiger charge is -2.28. The third kappa shape index (κ3) is 3.71. The summed E-state index contributed by atoms with van der Waals surface area (Å²) in [5, 5.41) is 14.5. The van der Waals surface area contributed by atoms with Crippen LogP contribution in [0.1, 0.15) is 17.2 Å². The second-order valence-corrected chi connectivity index (χ2v) is 8.00. The number of urea groups is 1. The van der Waals surface area contributed by atoms with Crippen LogP contribution in [0.2, 0.25) is 10.0 Å². The maximum absolute atomic E-state index is 12.9. The molecule has 4 rings (SSSR count). The molecule has 0 radical (unpaired) electrons. The predicted molar refractivity (Wildman–Crippen MR) is 114 cm³/mol. The van der Waals surface area contributed by atoms with Gasteiger partial charge in [0.25, 0.3) is 0 Å². The number of nitrogens with one attached hydrogen (secondary N) is 1. The first-order valence-corrected chi connectivity index (χ1v) is 9.88. The molecule has 0 spiro atoms. The lowest BCUT2D eigenvalue weighted by molar-refractivity contribution is 0.0934. The normalized spacial score (nSPS) is 17.8. The van der Waals surface area contributed by atoms with E-state index < -0.39 is 12.1 Å². The summed E-state index contributed by atoms with van der Waals surface area (Å²) in [5.41, 5.74) is 3.13. The standard InChI is InChI=1S/C21H20Cl2N4O2/c1-26-7-6-24-20(26)12-4-3-5-14(8-12)25-21(29)27(2)19-16-9-13(22)10-17(23)15(16)11-18(19)28/h3-10,18-19,28H,11H2,1-2H3,(H,25,29)/t18-,19-/m0/s1. The number of carbonyl (C=O) groups excluding carboxylic acids is 1. The van der Waals surface area contributed by atoms with E-state index in [1.165, 1.54) is 4.90 Å². The van der Waals surface area contributed by atoms with Crippen molar-refractivity contribution >= 4 is 34.9 Å². The highest BCUT2D eigenvalue weighted by Crippen LogP contribution is 2.41. The number of nitrogens with zero attached hydrogens (tertiary/aromatic N) is 3. The van der Waals surface area contributed by atoms with E-state index in [1.54, 1.807) is 25.4 Å². The van der Waals surface area contributed by atoms with Crippen molar-refractivity contribution in [1.82, 2.24) is 14.5 Å². The van der Waals surface area contributed by atoms with E-state index >= 15 is 0 Å². The summed E-state index contributed by atoms with van der Waals surface area (Å²) in [5.74, 6) is 0.805. The highest BCUT2D eigenvalue weighted by atomic mass is 35.5. The topological polar surface area (TPSA) is 70.4 Å². The van der Waals surface area contributed by atoms with Crippen LogP contribution in [0, 0.1) is 0 Å². The molecule has 1 heterocycles. The van der Waals surface area contributed by atoms with E-state index in [0.29, 0.717) is 22.2 Å². The smallest absolute Gasteiger partial charge is 0.322 e. The quantitative estimate of drug-likeness (QED) is 0.641. The van der Waals surface area contributed by atoms with Gasteiger partial charge in [0.05, 0.1) is 12.1 Å². The van der Waals surface area contributed by atoms with E-state index in [1.807, 2.05) is 42.1 Å². The van der Waals surface area contributed by atoms with E-state index in [2.05, 4.69) is 10.3 Å². The number of anilines is 1. The number of rotatable bonds is 3. The first-order chi connectivity index (χ1) is 13.8. The molecule has 2 aromatic carbocycles. The minimum Gasteiger partial charge on any atom is -0.390 e. The number of fused-ring (bicyclic) bond motifs is 1. The Balaban J connectivity index is 1.57. The number of aliphatic hydroxyl groups is 1. The third-order valence-corrected chi connectivity index (χ3v) is 5.78. The molecule has 1 aliphatic carbocycles. The first-order valence-electron chi connectivity index (χ1n) is 9.12. The van der Waals surface area contributed by atoms with E-state index in [4.69, 9.17) is 23.2 Å². The average molecular weight is 431 g/mol. The molecule has 2 atom stereocenters. The zero-order valence-corrected chi connectivity index (χ0v) is 17.4. The zero-order chi connectivity index (χ0) is 20.7. The van der Waals surface area contributed by atoms with E-state index in [-0.39, 0.29) is 6.03 Å². The van der Waals surface area contributed by atoms with Crippen LogP contribution in [0.4, 0.5) is 10.5 Å². The summed E-state index contributed by atoms with van der Waals surface area (Å²) in [7, 11) is 3.56. The largest absolute Gasteiger partial charge is 0.390 e. The Bertz CT molecular complexity index is 1080. The zero-order valence-electron chi connectivity index (χ0n) is 15.9. The Morgan fingerprint density at radius 1 is 1.31 bits per heavy atom. The molecule has 8 heteroatoms. The van der Waals surface area contributed by atoms with Gasteiger partial charge in [-0.3, -0.25) is 0 Å². The van der Waals surface area contributed by atoms with Gasteiger partial charge in [-0.1, -0.05) is 35.3 Å². The van der Waals surface area contributed by atoms with Gasteiger partial charge in [0.15, 0.2) is 0 Å². The second kappa shape index (κ2) is 7.71. The van der Waals surface area contributed by atoms with Gasteiger partial charge in [0.1, 0.15) is 5.82 Å². The van der Waals surface area contributed by atoms with Crippen LogP contribution in [0.15, 0.2) is 48.8 Å². The van der Waals surface area contributed by atoms with Crippen molar-refractivity contribution in [2.75, 3.05) is 12.4 Å². The number of likely N-dealkylation sites (N-methyl/N-ethyl adjacent to an activating group) is 1. The van der Waals surface area contributed by atoms with Crippen molar-refractivity contribution in [1.29, 1.82) is 0 Å². The second-order valence-electron chi connectivity index (χ2n) is 7.16. The van der Waals surface area contributed by atoms with Crippen LogP contribution < -0.4 is 5.32 Å². The fourth-order valence-corrected chi connectivity index (χ4v) is 4.40. The number of hydrogen-bond donors (Lipinski definition) is 2. The van der Waals surface area contributed by atoms with Gasteiger partial charge in [-0.15, -0.1) is 0 Å². The van der Waals surface area contributed by atoms with E-state index in [9.17, 15) is 9.90 Å². The summed E-state index contributed by atoms with van der Waals surface area (Å²) >= 11 is 12.4. The number of benzene rings is 2. The Morgan fingerprint density at radius 3 is 2.83 bits per heavy atom. The maximum atomic E-state index is 12.9. The third-order valence-electron chi connectivity index (χ3n) is 5.22. The van der Waals surface area contributed by atoms with Gasteiger partial charge in [-0.25, -0.2) is 9.78 Å². The van der Waals surface area contributed by atoms with Crippen molar-refractivity contribution in [3.63, 3.8) is 0 Å². The lowest BCUT2D eigenvalue weighted by Crippen LogP contribution is -2.38. The highest BCUT2D eigenvalue weighted by molar-refractivity contribution is 6.35. The van der Waals surface area contributed by atoms with Gasteiger partial charge < -0.3 is 19.9 Å². The van der Waals surface area contributed by atoms with Crippen molar-refractivity contribution in [3.8, 4) is 11.4 Å². The van der Waals surface area contributed by atoms with Crippen LogP contribution in [0.3, 0.4) is 0 Å². The molecule has 3 aromatic rings. The fraction of sp³-hybridized carbons (Fsp3) is 0.238. The number of aromatic nitrogens is 2. The first kappa shape index (κ1) is 19.8. The average Bonchev–Trinajstić information content (AvgIpc) is 3.24. The number of aryl methyl sites for hydroxylation is 1. The number of hydrogen-bond acceptors (Lipinski definition) is 3. The predicted octanol–water partition coefficient (Wildman–Crippen LogP) is 4.52. The number of halogens is 2. The minimum absolute atomic E-state index is 0.338. The molecule has 0 unspecified atom stereocenters. The molecule has 0 aliphatic heterocycles. The van der Waals surface area contributed by atoms with Crippen molar-refractivity contribution < 1.29 is 9.90 Å². The Kier molecular flexibility index (Phi) is 5.25. The Hall–Kier alpha value is -2.54. The van der Waals surface area contributed by atoms with E-state index in [0.717, 1.165) is 22.5 Å². The summed E-state index contributed by atoms with van der Waals surface area (Å²) in [6.45, 7) is 0. The summed E-state index contributed by atoms with van der Waals surface area (Å²) in [4.78, 5) is 18.7. The summed E-state index contributed by atoms with van der Waals surface area (Å²) in [6.07, 6.45) is 3.21. The van der Waals surface area contributed by atoms with Gasteiger partial charge in [0, 0.05) is 54.2 Å². The van der Waals surface area contributed by atoms with Gasteiger partial charge in [-0.2, -0.15) is 0 Å². The van der Waals surface area contributed by atoms with Crippen LogP contribution in [0.25, 0.3) is 11.4 Å². The minimum atomic E-state index is -0.754. The number of aliphatic hydroxyl groups excluding tert-OH is 1. The van der Waals surface area contributed by atoms with Crippen LogP contribution in [0.5, 0.6) is 0 Å². The van der Waals surface area contributed by atoms with Crippen molar-refractivity contribution in [3.05, 3.63) is 70.0 Å². The van der Waals surface area contributed by atoms with Gasteiger partial charge >= 0.3 is 6.03 Å². The monoisotopic (exact) mass is 430 g/mol.